The number of nitrogens with zero attached hydrogens (tertiary/aromatic N) is 2. The molecular weight excluding hydrogens is 625 g/mol. The number of hydrogen-bond acceptors (Lipinski definition) is 5. The average Bonchev–Trinajstić information content (AvgIpc) is 3.86. The van der Waals surface area contributed by atoms with E-state index in [0.717, 1.165) is 39.1 Å². The number of hydrogen-bond donors (Lipinski definition) is 0. The first kappa shape index (κ1) is 27.4. The first-order chi connectivity index (χ1) is 23.8. The third-order valence-corrected chi connectivity index (χ3v) is 11.4. The zero-order valence-corrected chi connectivity index (χ0v) is 27.3. The van der Waals surface area contributed by atoms with Crippen molar-refractivity contribution in [3.63, 3.8) is 0 Å². The van der Waals surface area contributed by atoms with Gasteiger partial charge in [0.15, 0.2) is 5.58 Å². The van der Waals surface area contributed by atoms with E-state index in [9.17, 15) is 0 Å². The van der Waals surface area contributed by atoms with E-state index in [1.54, 1.807) is 11.3 Å². The number of benzene rings is 7. The minimum absolute atomic E-state index is 0.629. The molecule has 0 aliphatic heterocycles. The number of thiophene rings is 2. The van der Waals surface area contributed by atoms with E-state index >= 15 is 0 Å². The predicted octanol–water partition coefficient (Wildman–Crippen LogP) is 13.4. The SMILES string of the molecule is c1ccc(-c2ccc(N(c3ccc4c(c3)sc3ccccc34)c3cc4nc(-c5ccccc5)oc4c4c3sc3ccccc34)cc2)cc1. The van der Waals surface area contributed by atoms with Gasteiger partial charge in [0.1, 0.15) is 5.52 Å². The van der Waals surface area contributed by atoms with Crippen molar-refractivity contribution in [3.05, 3.63) is 158 Å². The molecule has 0 atom stereocenters. The van der Waals surface area contributed by atoms with Gasteiger partial charge in [0.05, 0.1) is 10.4 Å². The molecule has 0 saturated heterocycles. The molecule has 10 rings (SSSR count). The molecule has 0 radical (unpaired) electrons. The average molecular weight is 651 g/mol. The molecule has 0 unspecified atom stereocenters. The highest BCUT2D eigenvalue weighted by Crippen LogP contribution is 2.49. The zero-order chi connectivity index (χ0) is 31.6. The van der Waals surface area contributed by atoms with Gasteiger partial charge in [0.25, 0.3) is 0 Å². The van der Waals surface area contributed by atoms with Crippen LogP contribution in [-0.4, -0.2) is 4.98 Å². The monoisotopic (exact) mass is 650 g/mol. The van der Waals surface area contributed by atoms with Crippen LogP contribution in [0.15, 0.2) is 162 Å². The zero-order valence-electron chi connectivity index (χ0n) is 25.6. The lowest BCUT2D eigenvalue weighted by molar-refractivity contribution is 0.623. The second-order valence-corrected chi connectivity index (χ2v) is 14.1. The van der Waals surface area contributed by atoms with E-state index in [1.165, 1.54) is 46.1 Å². The summed E-state index contributed by atoms with van der Waals surface area (Å²) in [7, 11) is 0. The maximum absolute atomic E-state index is 6.61. The van der Waals surface area contributed by atoms with Gasteiger partial charge in [-0.25, -0.2) is 4.98 Å². The van der Waals surface area contributed by atoms with E-state index in [0.29, 0.717) is 5.89 Å². The van der Waals surface area contributed by atoms with Crippen molar-refractivity contribution in [2.24, 2.45) is 0 Å². The second kappa shape index (κ2) is 10.9. The van der Waals surface area contributed by atoms with Crippen molar-refractivity contribution in [2.45, 2.75) is 0 Å². The van der Waals surface area contributed by atoms with Gasteiger partial charge in [-0.3, -0.25) is 0 Å². The Balaban J connectivity index is 1.25. The summed E-state index contributed by atoms with van der Waals surface area (Å²) in [6, 6.07) is 56.0. The Morgan fingerprint density at radius 2 is 1.08 bits per heavy atom. The van der Waals surface area contributed by atoms with Crippen LogP contribution in [0.1, 0.15) is 0 Å². The number of oxazole rings is 1. The van der Waals surface area contributed by atoms with Crippen molar-refractivity contribution < 1.29 is 4.42 Å². The summed E-state index contributed by atoms with van der Waals surface area (Å²) < 4.78 is 11.6. The fourth-order valence-corrected chi connectivity index (χ4v) is 9.19. The van der Waals surface area contributed by atoms with Crippen LogP contribution in [0.2, 0.25) is 0 Å². The summed E-state index contributed by atoms with van der Waals surface area (Å²) in [5.74, 6) is 0.629. The van der Waals surface area contributed by atoms with Crippen LogP contribution in [0, 0.1) is 0 Å². The predicted molar refractivity (Wildman–Crippen MR) is 205 cm³/mol. The molecule has 0 N–H and O–H groups in total. The fourth-order valence-electron chi connectivity index (χ4n) is 6.84. The lowest BCUT2D eigenvalue weighted by Crippen LogP contribution is -2.10. The Bertz CT molecular complexity index is 2780. The molecule has 48 heavy (non-hydrogen) atoms. The topological polar surface area (TPSA) is 29.3 Å². The minimum atomic E-state index is 0.629. The molecule has 3 nitrogen and oxygen atoms in total. The summed E-state index contributed by atoms with van der Waals surface area (Å²) in [6.07, 6.45) is 0. The summed E-state index contributed by atoms with van der Waals surface area (Å²) in [6.45, 7) is 0. The first-order valence-electron chi connectivity index (χ1n) is 16.0. The van der Waals surface area contributed by atoms with Gasteiger partial charge >= 0.3 is 0 Å². The molecule has 226 valence electrons. The first-order valence-corrected chi connectivity index (χ1v) is 17.6. The van der Waals surface area contributed by atoms with E-state index in [-0.39, 0.29) is 0 Å². The highest BCUT2D eigenvalue weighted by atomic mass is 32.1. The number of anilines is 3. The van der Waals surface area contributed by atoms with Gasteiger partial charge in [-0.15, -0.1) is 22.7 Å². The minimum Gasteiger partial charge on any atom is -0.435 e. The molecule has 3 heterocycles. The van der Waals surface area contributed by atoms with Crippen LogP contribution in [0.3, 0.4) is 0 Å². The molecule has 0 aliphatic carbocycles. The van der Waals surface area contributed by atoms with Crippen molar-refractivity contribution in [2.75, 3.05) is 4.90 Å². The molecular formula is C43H26N2OS2. The molecule has 0 spiro atoms. The number of aromatic nitrogens is 1. The van der Waals surface area contributed by atoms with Gasteiger partial charge in [0, 0.05) is 52.6 Å². The van der Waals surface area contributed by atoms with Gasteiger partial charge in [-0.2, -0.15) is 0 Å². The summed E-state index contributed by atoms with van der Waals surface area (Å²) >= 11 is 3.65. The highest BCUT2D eigenvalue weighted by molar-refractivity contribution is 7.26. The van der Waals surface area contributed by atoms with Crippen LogP contribution in [-0.2, 0) is 0 Å². The number of rotatable bonds is 5. The van der Waals surface area contributed by atoms with Gasteiger partial charge in [-0.1, -0.05) is 103 Å². The smallest absolute Gasteiger partial charge is 0.227 e. The van der Waals surface area contributed by atoms with E-state index in [2.05, 4.69) is 144 Å². The molecule has 0 amide bonds. The van der Waals surface area contributed by atoms with Crippen LogP contribution in [0.25, 0.3) is 74.0 Å². The molecule has 3 aromatic heterocycles. The maximum atomic E-state index is 6.61. The van der Waals surface area contributed by atoms with E-state index < -0.39 is 0 Å². The van der Waals surface area contributed by atoms with Crippen LogP contribution in [0.5, 0.6) is 0 Å². The Labute approximate surface area is 284 Å². The highest BCUT2D eigenvalue weighted by Gasteiger charge is 2.24. The van der Waals surface area contributed by atoms with Gasteiger partial charge in [-0.05, 0) is 65.7 Å². The lowest BCUT2D eigenvalue weighted by Gasteiger charge is -2.26. The summed E-state index contributed by atoms with van der Waals surface area (Å²) in [4.78, 5) is 7.49. The Morgan fingerprint density at radius 1 is 0.479 bits per heavy atom. The Kier molecular flexibility index (Phi) is 6.22. The molecule has 0 fully saturated rings. The molecule has 0 saturated carbocycles. The normalized spacial score (nSPS) is 11.8. The Morgan fingerprint density at radius 3 is 1.85 bits per heavy atom. The molecule has 5 heteroatoms. The molecule has 7 aromatic carbocycles. The fraction of sp³-hybridized carbons (Fsp3) is 0. The molecule has 10 aromatic rings. The Hall–Kier alpha value is -5.75. The second-order valence-electron chi connectivity index (χ2n) is 12.0. The van der Waals surface area contributed by atoms with Crippen LogP contribution >= 0.6 is 22.7 Å². The molecule has 0 bridgehead atoms. The van der Waals surface area contributed by atoms with Crippen LogP contribution in [0.4, 0.5) is 17.1 Å². The third kappa shape index (κ3) is 4.36. The summed E-state index contributed by atoms with van der Waals surface area (Å²) in [5.41, 5.74) is 8.29. The maximum Gasteiger partial charge on any atom is 0.227 e. The summed E-state index contributed by atoms with van der Waals surface area (Å²) in [5, 5.41) is 4.86. The quantitative estimate of drug-likeness (QED) is 0.186. The third-order valence-electron chi connectivity index (χ3n) is 9.10. The van der Waals surface area contributed by atoms with Crippen molar-refractivity contribution >= 4 is 91.2 Å². The molecule has 0 aliphatic rings. The largest absolute Gasteiger partial charge is 0.435 e. The van der Waals surface area contributed by atoms with Crippen molar-refractivity contribution in [3.8, 4) is 22.6 Å². The van der Waals surface area contributed by atoms with E-state index in [1.807, 2.05) is 29.5 Å². The van der Waals surface area contributed by atoms with Crippen molar-refractivity contribution in [1.82, 2.24) is 4.98 Å². The van der Waals surface area contributed by atoms with E-state index in [4.69, 9.17) is 9.40 Å². The van der Waals surface area contributed by atoms with Crippen molar-refractivity contribution in [1.29, 1.82) is 0 Å². The number of fused-ring (bicyclic) bond motifs is 8. The van der Waals surface area contributed by atoms with Gasteiger partial charge < -0.3 is 9.32 Å². The van der Waals surface area contributed by atoms with Gasteiger partial charge in [0.2, 0.25) is 5.89 Å². The standard InChI is InChI=1S/C43H26N2OS2/c1-3-11-27(12-4-1)28-19-21-30(22-20-28)45(31-23-24-33-32-15-7-9-17-37(32)47-39(33)25-31)36-26-35-41(46-43(44-35)29-13-5-2-6-14-29)40-34-16-8-10-18-38(34)48-42(36)40/h1-26H. The van der Waals surface area contributed by atoms with Crippen LogP contribution < -0.4 is 4.90 Å². The lowest BCUT2D eigenvalue weighted by atomic mass is 10.0.